The summed E-state index contributed by atoms with van der Waals surface area (Å²) in [4.78, 5) is 7.19. The van der Waals surface area contributed by atoms with Crippen LogP contribution < -0.4 is 11.5 Å². The molecule has 2 aromatic rings. The van der Waals surface area contributed by atoms with Crippen molar-refractivity contribution in [3.8, 4) is 0 Å². The Morgan fingerprint density at radius 3 is 2.00 bits per heavy atom. The van der Waals surface area contributed by atoms with Crippen molar-refractivity contribution in [1.29, 1.82) is 0 Å². The van der Waals surface area contributed by atoms with Crippen molar-refractivity contribution in [3.63, 3.8) is 0 Å². The lowest BCUT2D eigenvalue weighted by Crippen LogP contribution is -1.93. The molecule has 0 aromatic carbocycles. The number of nitrogens with zero attached hydrogens (tertiary/aromatic N) is 2. The van der Waals surface area contributed by atoms with Gasteiger partial charge >= 0.3 is 0 Å². The van der Waals surface area contributed by atoms with E-state index >= 15 is 0 Å². The van der Waals surface area contributed by atoms with Crippen molar-refractivity contribution < 1.29 is 17.6 Å². The van der Waals surface area contributed by atoms with Crippen molar-refractivity contribution in [2.75, 3.05) is 11.5 Å². The average Bonchev–Trinajstić information content (AvgIpc) is 2.42. The second-order valence-corrected chi connectivity index (χ2v) is 4.60. The number of alkyl halides is 4. The minimum atomic E-state index is -2.52. The molecule has 0 bridgehead atoms. The lowest BCUT2D eigenvalue weighted by molar-refractivity contribution is 0.150. The van der Waals surface area contributed by atoms with Gasteiger partial charge in [0.2, 0.25) is 0 Å². The second kappa shape index (κ2) is 7.77. The molecule has 0 aliphatic carbocycles. The predicted molar refractivity (Wildman–Crippen MR) is 74.9 cm³/mol. The summed E-state index contributed by atoms with van der Waals surface area (Å²) in [7, 11) is 0. The van der Waals surface area contributed by atoms with E-state index in [1.165, 1.54) is 18.5 Å². The smallest absolute Gasteiger partial charge is 0.265 e. The SMILES string of the molecule is Nc1cc(C(F)F)c(Br)cn1.Nc1cc(C(F)F)ccn1. The summed E-state index contributed by atoms with van der Waals surface area (Å²) in [6.45, 7) is 0. The molecule has 2 heterocycles. The van der Waals surface area contributed by atoms with Gasteiger partial charge < -0.3 is 11.5 Å². The molecule has 0 spiro atoms. The summed E-state index contributed by atoms with van der Waals surface area (Å²) >= 11 is 2.93. The van der Waals surface area contributed by atoms with Crippen molar-refractivity contribution in [2.45, 2.75) is 12.9 Å². The number of halogens is 5. The minimum Gasteiger partial charge on any atom is -0.384 e. The van der Waals surface area contributed by atoms with Crippen LogP contribution in [0.25, 0.3) is 0 Å². The minimum absolute atomic E-state index is 0.0903. The van der Waals surface area contributed by atoms with Gasteiger partial charge in [-0.25, -0.2) is 27.5 Å². The highest BCUT2D eigenvalue weighted by Crippen LogP contribution is 2.27. The molecule has 0 radical (unpaired) electrons. The highest BCUT2D eigenvalue weighted by Gasteiger charge is 2.11. The number of rotatable bonds is 2. The maximum absolute atomic E-state index is 12.1. The van der Waals surface area contributed by atoms with E-state index in [1.807, 2.05) is 0 Å². The Morgan fingerprint density at radius 2 is 1.57 bits per heavy atom. The first-order valence-electron chi connectivity index (χ1n) is 5.50. The van der Waals surface area contributed by atoms with Crippen LogP contribution in [0.2, 0.25) is 0 Å². The Labute approximate surface area is 126 Å². The first-order chi connectivity index (χ1) is 9.81. The maximum Gasteiger partial charge on any atom is 0.265 e. The van der Waals surface area contributed by atoms with Gasteiger partial charge in [0.25, 0.3) is 12.9 Å². The Balaban J connectivity index is 0.000000211. The molecule has 9 heteroatoms. The third-order valence-corrected chi connectivity index (χ3v) is 2.86. The summed E-state index contributed by atoms with van der Waals surface area (Å²) in [5.74, 6) is 0.223. The van der Waals surface area contributed by atoms with Gasteiger partial charge in [0.1, 0.15) is 11.6 Å². The zero-order valence-electron chi connectivity index (χ0n) is 10.5. The molecular formula is C12H11BrF4N4. The van der Waals surface area contributed by atoms with Crippen LogP contribution in [0.1, 0.15) is 24.0 Å². The number of nitrogens with two attached hydrogens (primary N) is 2. The van der Waals surface area contributed by atoms with E-state index in [4.69, 9.17) is 11.5 Å². The van der Waals surface area contributed by atoms with Gasteiger partial charge in [-0.15, -0.1) is 0 Å². The largest absolute Gasteiger partial charge is 0.384 e. The Bertz CT molecular complexity index is 595. The third-order valence-electron chi connectivity index (χ3n) is 2.20. The second-order valence-electron chi connectivity index (χ2n) is 3.75. The van der Waals surface area contributed by atoms with Crippen LogP contribution in [-0.2, 0) is 0 Å². The fourth-order valence-corrected chi connectivity index (χ4v) is 1.63. The summed E-state index contributed by atoms with van der Waals surface area (Å²) in [6.07, 6.45) is -2.46. The number of hydrogen-bond acceptors (Lipinski definition) is 4. The van der Waals surface area contributed by atoms with Gasteiger partial charge in [0, 0.05) is 28.0 Å². The van der Waals surface area contributed by atoms with Gasteiger partial charge in [-0.3, -0.25) is 0 Å². The Morgan fingerprint density at radius 1 is 0.952 bits per heavy atom. The molecule has 0 saturated carbocycles. The summed E-state index contributed by atoms with van der Waals surface area (Å²) in [6, 6.07) is 3.54. The van der Waals surface area contributed by atoms with E-state index in [2.05, 4.69) is 25.9 Å². The van der Waals surface area contributed by atoms with Gasteiger partial charge in [-0.1, -0.05) is 0 Å². The summed E-state index contributed by atoms with van der Waals surface area (Å²) < 4.78 is 48.2. The average molecular weight is 367 g/mol. The van der Waals surface area contributed by atoms with Gasteiger partial charge in [0.05, 0.1) is 0 Å². The molecule has 114 valence electrons. The lowest BCUT2D eigenvalue weighted by Gasteiger charge is -2.02. The number of anilines is 2. The molecule has 2 aromatic heterocycles. The van der Waals surface area contributed by atoms with Crippen molar-refractivity contribution >= 4 is 27.6 Å². The fourth-order valence-electron chi connectivity index (χ4n) is 1.24. The topological polar surface area (TPSA) is 77.8 Å². The Kier molecular flexibility index (Phi) is 6.35. The van der Waals surface area contributed by atoms with Gasteiger partial charge in [-0.2, -0.15) is 0 Å². The molecular weight excluding hydrogens is 356 g/mol. The molecule has 21 heavy (non-hydrogen) atoms. The van der Waals surface area contributed by atoms with Crippen LogP contribution in [0.3, 0.4) is 0 Å². The molecule has 0 amide bonds. The highest BCUT2D eigenvalue weighted by molar-refractivity contribution is 9.10. The van der Waals surface area contributed by atoms with E-state index in [1.54, 1.807) is 0 Å². The first-order valence-corrected chi connectivity index (χ1v) is 6.29. The van der Waals surface area contributed by atoms with Gasteiger partial charge in [-0.05, 0) is 34.1 Å². The van der Waals surface area contributed by atoms with E-state index in [0.29, 0.717) is 0 Å². The highest BCUT2D eigenvalue weighted by atomic mass is 79.9. The fraction of sp³-hybridized carbons (Fsp3) is 0.167. The molecule has 0 fully saturated rings. The molecule has 0 saturated heterocycles. The molecule has 0 aliphatic heterocycles. The van der Waals surface area contributed by atoms with Gasteiger partial charge in [0.15, 0.2) is 0 Å². The quantitative estimate of drug-likeness (QED) is 0.788. The van der Waals surface area contributed by atoms with Crippen LogP contribution in [0, 0.1) is 0 Å². The molecule has 2 rings (SSSR count). The normalized spacial score (nSPS) is 10.4. The maximum atomic E-state index is 12.1. The first kappa shape index (κ1) is 17.2. The Hall–Kier alpha value is -1.90. The van der Waals surface area contributed by atoms with Crippen molar-refractivity contribution in [2.24, 2.45) is 0 Å². The summed E-state index contributed by atoms with van der Waals surface area (Å²) in [5.41, 5.74) is 10.1. The monoisotopic (exact) mass is 366 g/mol. The van der Waals surface area contributed by atoms with Crippen LogP contribution >= 0.6 is 15.9 Å². The molecule has 4 nitrogen and oxygen atoms in total. The molecule has 0 atom stereocenters. The molecule has 4 N–H and O–H groups in total. The lowest BCUT2D eigenvalue weighted by atomic mass is 10.3. The number of hydrogen-bond donors (Lipinski definition) is 2. The van der Waals surface area contributed by atoms with Crippen LogP contribution in [0.5, 0.6) is 0 Å². The number of aromatic nitrogens is 2. The van der Waals surface area contributed by atoms with E-state index < -0.39 is 12.9 Å². The van der Waals surface area contributed by atoms with E-state index in [-0.39, 0.29) is 27.2 Å². The van der Waals surface area contributed by atoms with Crippen molar-refractivity contribution in [1.82, 2.24) is 9.97 Å². The number of nitrogen functional groups attached to an aromatic ring is 2. The van der Waals surface area contributed by atoms with Crippen LogP contribution in [0.4, 0.5) is 29.2 Å². The predicted octanol–water partition coefficient (Wildman–Crippen LogP) is 3.97. The van der Waals surface area contributed by atoms with Crippen LogP contribution in [-0.4, -0.2) is 9.97 Å². The van der Waals surface area contributed by atoms with E-state index in [0.717, 1.165) is 12.1 Å². The number of pyridine rings is 2. The van der Waals surface area contributed by atoms with Crippen LogP contribution in [0.15, 0.2) is 35.1 Å². The molecule has 0 unspecified atom stereocenters. The van der Waals surface area contributed by atoms with E-state index in [9.17, 15) is 17.6 Å². The molecule has 0 aliphatic rings. The summed E-state index contributed by atoms with van der Waals surface area (Å²) in [5, 5.41) is 0. The zero-order valence-corrected chi connectivity index (χ0v) is 12.1. The third kappa shape index (κ3) is 5.54. The zero-order chi connectivity index (χ0) is 16.0. The standard InChI is InChI=1S/C6H5BrF2N2.C6H6F2N2/c7-4-2-11-5(10)1-3(4)6(8)9;7-6(8)4-1-2-10-5(9)3-4/h1-2,6H,(H2,10,11);1-3,6H,(H2,9,10). The van der Waals surface area contributed by atoms with Crippen molar-refractivity contribution in [3.05, 3.63) is 46.2 Å².